The number of nitrogens with one attached hydrogen (secondary N) is 2. The van der Waals surface area contributed by atoms with Crippen molar-refractivity contribution in [3.8, 4) is 17.2 Å². The van der Waals surface area contributed by atoms with Crippen molar-refractivity contribution in [2.75, 3.05) is 34.4 Å². The van der Waals surface area contributed by atoms with Crippen LogP contribution in [0.4, 0.5) is 0 Å². The van der Waals surface area contributed by atoms with Crippen LogP contribution in [0.25, 0.3) is 0 Å². The lowest BCUT2D eigenvalue weighted by Crippen LogP contribution is -2.37. The molecule has 0 unspecified atom stereocenters. The summed E-state index contributed by atoms with van der Waals surface area (Å²) in [6, 6.07) is 3.88. The van der Waals surface area contributed by atoms with Crippen LogP contribution in [-0.2, 0) is 19.4 Å². The van der Waals surface area contributed by atoms with Gasteiger partial charge in [-0.05, 0) is 31.0 Å². The molecule has 0 saturated heterocycles. The number of thiazole rings is 1. The highest BCUT2D eigenvalue weighted by Gasteiger charge is 2.14. The summed E-state index contributed by atoms with van der Waals surface area (Å²) in [5.41, 5.74) is 1.01. The maximum atomic E-state index is 5.65. The Bertz CT molecular complexity index is 758. The van der Waals surface area contributed by atoms with Crippen molar-refractivity contribution in [3.05, 3.63) is 33.8 Å². The maximum Gasteiger partial charge on any atom is 0.203 e. The van der Waals surface area contributed by atoms with Crippen LogP contribution in [0.15, 0.2) is 23.3 Å². The fourth-order valence-electron chi connectivity index (χ4n) is 2.64. The molecule has 0 bridgehead atoms. The number of hydrogen-bond acceptors (Lipinski definition) is 6. The zero-order valence-corrected chi connectivity index (χ0v) is 20.9. The summed E-state index contributed by atoms with van der Waals surface area (Å²) in [6.07, 6.45) is 3.86. The molecule has 0 saturated carbocycles. The molecule has 2 rings (SSSR count). The van der Waals surface area contributed by atoms with Gasteiger partial charge in [-0.2, -0.15) is 0 Å². The predicted molar refractivity (Wildman–Crippen MR) is 130 cm³/mol. The van der Waals surface area contributed by atoms with Gasteiger partial charge < -0.3 is 24.8 Å². The lowest BCUT2D eigenvalue weighted by molar-refractivity contribution is 0.288. The number of aliphatic imine (C=N–C) groups is 1. The second-order valence-corrected chi connectivity index (χ2v) is 7.14. The second kappa shape index (κ2) is 13.5. The Morgan fingerprint density at radius 1 is 1.14 bits per heavy atom. The first-order chi connectivity index (χ1) is 13.6. The first-order valence-corrected chi connectivity index (χ1v) is 10.2. The van der Waals surface area contributed by atoms with Gasteiger partial charge in [0.25, 0.3) is 0 Å². The van der Waals surface area contributed by atoms with Gasteiger partial charge in [-0.1, -0.05) is 6.92 Å². The van der Waals surface area contributed by atoms with Crippen LogP contribution < -0.4 is 24.8 Å². The van der Waals surface area contributed by atoms with Crippen LogP contribution in [0.2, 0.25) is 0 Å². The van der Waals surface area contributed by atoms with E-state index in [1.807, 2.05) is 25.3 Å². The summed E-state index contributed by atoms with van der Waals surface area (Å²) in [5.74, 6) is 2.65. The molecule has 2 aromatic rings. The molecule has 0 radical (unpaired) electrons. The summed E-state index contributed by atoms with van der Waals surface area (Å²) >= 11 is 1.76. The fraction of sp³-hybridized carbons (Fsp3) is 0.500. The normalized spacial score (nSPS) is 10.9. The zero-order chi connectivity index (χ0) is 20.4. The average molecular weight is 534 g/mol. The zero-order valence-electron chi connectivity index (χ0n) is 17.7. The van der Waals surface area contributed by atoms with E-state index in [9.17, 15) is 0 Å². The second-order valence-electron chi connectivity index (χ2n) is 5.94. The molecule has 0 aliphatic heterocycles. The molecule has 1 aromatic carbocycles. The maximum absolute atomic E-state index is 5.65. The number of methoxy groups -OCH3 is 2. The highest BCUT2D eigenvalue weighted by atomic mass is 127. The molecular formula is C20H31IN4O3S. The van der Waals surface area contributed by atoms with Gasteiger partial charge in [0.2, 0.25) is 5.75 Å². The van der Waals surface area contributed by atoms with Crippen molar-refractivity contribution in [1.82, 2.24) is 15.6 Å². The number of aromatic nitrogens is 1. The molecule has 0 amide bonds. The van der Waals surface area contributed by atoms with E-state index < -0.39 is 0 Å². The first kappa shape index (κ1) is 25.3. The minimum absolute atomic E-state index is 0. The predicted octanol–water partition coefficient (Wildman–Crippen LogP) is 3.65. The van der Waals surface area contributed by atoms with E-state index >= 15 is 0 Å². The van der Waals surface area contributed by atoms with Crippen LogP contribution in [0.3, 0.4) is 0 Å². The summed E-state index contributed by atoms with van der Waals surface area (Å²) in [7, 11) is 5.00. The van der Waals surface area contributed by atoms with Gasteiger partial charge in [0.15, 0.2) is 17.5 Å². The van der Waals surface area contributed by atoms with Gasteiger partial charge in [0, 0.05) is 37.6 Å². The highest BCUT2D eigenvalue weighted by molar-refractivity contribution is 14.0. The third kappa shape index (κ3) is 7.54. The Balaban J connectivity index is 0.00000420. The molecule has 1 heterocycles. The number of ether oxygens (including phenoxy) is 3. The largest absolute Gasteiger partial charge is 0.493 e. The Morgan fingerprint density at radius 3 is 2.34 bits per heavy atom. The highest BCUT2D eigenvalue weighted by Crippen LogP contribution is 2.38. The molecule has 0 atom stereocenters. The topological polar surface area (TPSA) is 77.0 Å². The fourth-order valence-corrected chi connectivity index (χ4v) is 3.51. The third-order valence-electron chi connectivity index (χ3n) is 4.07. The quantitative estimate of drug-likeness (QED) is 0.276. The lowest BCUT2D eigenvalue weighted by Gasteiger charge is -2.16. The minimum atomic E-state index is 0. The van der Waals surface area contributed by atoms with Crippen LogP contribution in [0, 0.1) is 0 Å². The van der Waals surface area contributed by atoms with Crippen molar-refractivity contribution in [2.24, 2.45) is 4.99 Å². The summed E-state index contributed by atoms with van der Waals surface area (Å²) < 4.78 is 16.6. The number of aryl methyl sites for hydroxylation is 1. The van der Waals surface area contributed by atoms with Crippen LogP contribution in [0.5, 0.6) is 17.2 Å². The van der Waals surface area contributed by atoms with Crippen molar-refractivity contribution in [3.63, 3.8) is 0 Å². The van der Waals surface area contributed by atoms with E-state index in [0.29, 0.717) is 30.4 Å². The van der Waals surface area contributed by atoms with Gasteiger partial charge in [-0.3, -0.25) is 4.99 Å². The van der Waals surface area contributed by atoms with Gasteiger partial charge in [0.05, 0.1) is 25.8 Å². The minimum Gasteiger partial charge on any atom is -0.493 e. The molecule has 162 valence electrons. The SMILES string of the molecule is CCOc1c(OC)cc(CNC(=NC)NCCc2ncc(CC)s2)cc1OC.I. The Labute approximate surface area is 194 Å². The number of benzene rings is 1. The molecule has 1 aromatic heterocycles. The smallest absolute Gasteiger partial charge is 0.203 e. The van der Waals surface area contributed by atoms with Gasteiger partial charge in [-0.15, -0.1) is 35.3 Å². The molecule has 0 spiro atoms. The van der Waals surface area contributed by atoms with E-state index in [2.05, 4.69) is 27.5 Å². The van der Waals surface area contributed by atoms with E-state index in [-0.39, 0.29) is 24.0 Å². The van der Waals surface area contributed by atoms with Crippen LogP contribution in [-0.4, -0.2) is 45.4 Å². The Kier molecular flexibility index (Phi) is 11.7. The number of nitrogens with zero attached hydrogens (tertiary/aromatic N) is 2. The molecule has 0 aliphatic carbocycles. The summed E-state index contributed by atoms with van der Waals surface area (Å²) in [4.78, 5) is 10.0. The standard InChI is InChI=1S/C20H30N4O3S.HI/c1-6-15-13-23-18(28-15)8-9-22-20(21-3)24-12-14-10-16(25-4)19(27-7-2)17(11-14)26-5;/h10-11,13H,6-9,12H2,1-5H3,(H2,21,22,24);1H. The Morgan fingerprint density at radius 2 is 1.83 bits per heavy atom. The van der Waals surface area contributed by atoms with Crippen LogP contribution >= 0.6 is 35.3 Å². The summed E-state index contributed by atoms with van der Waals surface area (Å²) in [6.45, 7) is 5.97. The van der Waals surface area contributed by atoms with Crippen molar-refractivity contribution >= 4 is 41.3 Å². The van der Waals surface area contributed by atoms with Crippen LogP contribution in [0.1, 0.15) is 29.3 Å². The van der Waals surface area contributed by atoms with Crippen molar-refractivity contribution in [1.29, 1.82) is 0 Å². The van der Waals surface area contributed by atoms with Gasteiger partial charge >= 0.3 is 0 Å². The van der Waals surface area contributed by atoms with E-state index in [1.165, 1.54) is 4.88 Å². The van der Waals surface area contributed by atoms with E-state index in [0.717, 1.165) is 35.9 Å². The van der Waals surface area contributed by atoms with Crippen molar-refractivity contribution in [2.45, 2.75) is 33.2 Å². The third-order valence-corrected chi connectivity index (χ3v) is 5.28. The van der Waals surface area contributed by atoms with Crippen molar-refractivity contribution < 1.29 is 14.2 Å². The first-order valence-electron chi connectivity index (χ1n) is 9.40. The summed E-state index contributed by atoms with van der Waals surface area (Å²) in [5, 5.41) is 7.77. The molecule has 9 heteroatoms. The average Bonchev–Trinajstić information content (AvgIpc) is 3.19. The van der Waals surface area contributed by atoms with Gasteiger partial charge in [0.1, 0.15) is 0 Å². The Hall–Kier alpha value is -1.75. The molecule has 0 aliphatic rings. The molecule has 7 nitrogen and oxygen atoms in total. The number of rotatable bonds is 10. The molecule has 0 fully saturated rings. The number of hydrogen-bond donors (Lipinski definition) is 2. The van der Waals surface area contributed by atoms with E-state index in [1.54, 1.807) is 32.6 Å². The number of halogens is 1. The molecule has 2 N–H and O–H groups in total. The van der Waals surface area contributed by atoms with E-state index in [4.69, 9.17) is 14.2 Å². The monoisotopic (exact) mass is 534 g/mol. The molecular weight excluding hydrogens is 503 g/mol. The molecule has 29 heavy (non-hydrogen) atoms. The van der Waals surface area contributed by atoms with Gasteiger partial charge in [-0.25, -0.2) is 4.98 Å². The lowest BCUT2D eigenvalue weighted by atomic mass is 10.2. The number of guanidine groups is 1.